The molecule has 0 bridgehead atoms. The van der Waals surface area contributed by atoms with Crippen molar-refractivity contribution in [2.24, 2.45) is 0 Å². The number of anilines is 2. The summed E-state index contributed by atoms with van der Waals surface area (Å²) in [6, 6.07) is 10.3. The normalized spacial score (nSPS) is 11.3. The Morgan fingerprint density at radius 1 is 1.15 bits per heavy atom. The van der Waals surface area contributed by atoms with Gasteiger partial charge in [0.25, 0.3) is 0 Å². The quantitative estimate of drug-likeness (QED) is 0.852. The number of rotatable bonds is 4. The third-order valence-corrected chi connectivity index (χ3v) is 4.10. The molecule has 0 unspecified atom stereocenters. The van der Waals surface area contributed by atoms with Crippen molar-refractivity contribution in [2.75, 3.05) is 10.5 Å². The Kier molecular flexibility index (Phi) is 4.15. The number of halogens is 2. The lowest BCUT2D eigenvalue weighted by molar-refractivity contribution is 0.598. The Labute approximate surface area is 121 Å². The number of hydrogen-bond donors (Lipinski definition) is 2. The van der Waals surface area contributed by atoms with Crippen molar-refractivity contribution < 1.29 is 12.8 Å². The van der Waals surface area contributed by atoms with E-state index < -0.39 is 15.8 Å². The minimum Gasteiger partial charge on any atom is -0.399 e. The second-order valence-electron chi connectivity index (χ2n) is 4.20. The summed E-state index contributed by atoms with van der Waals surface area (Å²) in [4.78, 5) is 0. The van der Waals surface area contributed by atoms with Crippen LogP contribution in [0.5, 0.6) is 0 Å². The number of nitrogens with one attached hydrogen (secondary N) is 1. The van der Waals surface area contributed by atoms with Crippen molar-refractivity contribution in [1.82, 2.24) is 0 Å². The Balaban J connectivity index is 2.21. The topological polar surface area (TPSA) is 72.2 Å². The molecule has 0 amide bonds. The van der Waals surface area contributed by atoms with E-state index in [4.69, 9.17) is 17.3 Å². The van der Waals surface area contributed by atoms with Crippen LogP contribution < -0.4 is 10.5 Å². The zero-order valence-corrected chi connectivity index (χ0v) is 11.9. The van der Waals surface area contributed by atoms with E-state index in [1.54, 1.807) is 24.3 Å². The number of nitrogen functional groups attached to an aromatic ring is 1. The smallest absolute Gasteiger partial charge is 0.237 e. The number of benzene rings is 2. The van der Waals surface area contributed by atoms with Crippen molar-refractivity contribution >= 4 is 33.0 Å². The van der Waals surface area contributed by atoms with Crippen molar-refractivity contribution in [3.63, 3.8) is 0 Å². The number of sulfonamides is 1. The van der Waals surface area contributed by atoms with Crippen LogP contribution >= 0.6 is 11.6 Å². The number of nitrogens with two attached hydrogens (primary N) is 1. The highest BCUT2D eigenvalue weighted by molar-refractivity contribution is 7.91. The second kappa shape index (κ2) is 5.68. The molecule has 0 atom stereocenters. The standard InChI is InChI=1S/C13H12ClFN2O2S/c14-11-2-1-3-12(15)13(11)17-20(18,19)8-9-4-6-10(16)7-5-9/h1-7,17H,8,16H2. The lowest BCUT2D eigenvalue weighted by Crippen LogP contribution is -2.16. The summed E-state index contributed by atoms with van der Waals surface area (Å²) < 4.78 is 39.7. The summed E-state index contributed by atoms with van der Waals surface area (Å²) in [5.41, 5.74) is 6.35. The van der Waals surface area contributed by atoms with Gasteiger partial charge in [0.2, 0.25) is 10.0 Å². The molecule has 106 valence electrons. The molecule has 0 aromatic heterocycles. The summed E-state index contributed by atoms with van der Waals surface area (Å²) in [5, 5.41) is 0.00545. The van der Waals surface area contributed by atoms with E-state index in [1.165, 1.54) is 12.1 Å². The van der Waals surface area contributed by atoms with Gasteiger partial charge in [0.1, 0.15) is 11.5 Å². The molecule has 0 aliphatic carbocycles. The molecule has 20 heavy (non-hydrogen) atoms. The van der Waals surface area contributed by atoms with E-state index in [-0.39, 0.29) is 16.5 Å². The SMILES string of the molecule is Nc1ccc(CS(=O)(=O)Nc2c(F)cccc2Cl)cc1. The molecule has 2 rings (SSSR count). The average Bonchev–Trinajstić information content (AvgIpc) is 2.37. The molecular weight excluding hydrogens is 303 g/mol. The lowest BCUT2D eigenvalue weighted by atomic mass is 10.2. The van der Waals surface area contributed by atoms with Crippen molar-refractivity contribution in [1.29, 1.82) is 0 Å². The molecule has 0 saturated carbocycles. The molecule has 0 saturated heterocycles. The fourth-order valence-electron chi connectivity index (χ4n) is 1.62. The van der Waals surface area contributed by atoms with Crippen LogP contribution in [0.4, 0.5) is 15.8 Å². The van der Waals surface area contributed by atoms with E-state index in [0.717, 1.165) is 6.07 Å². The molecule has 0 spiro atoms. The summed E-state index contributed by atoms with van der Waals surface area (Å²) in [6.07, 6.45) is 0. The third kappa shape index (κ3) is 3.61. The zero-order chi connectivity index (χ0) is 14.8. The number of para-hydroxylation sites is 1. The lowest BCUT2D eigenvalue weighted by Gasteiger charge is -2.10. The van der Waals surface area contributed by atoms with Gasteiger partial charge in [0, 0.05) is 5.69 Å². The van der Waals surface area contributed by atoms with E-state index in [1.807, 2.05) is 0 Å². The predicted octanol–water partition coefficient (Wildman–Crippen LogP) is 3.00. The van der Waals surface area contributed by atoms with Crippen LogP contribution in [-0.2, 0) is 15.8 Å². The fraction of sp³-hybridized carbons (Fsp3) is 0.0769. The minimum absolute atomic E-state index is 0.00545. The Morgan fingerprint density at radius 3 is 2.40 bits per heavy atom. The van der Waals surface area contributed by atoms with Gasteiger partial charge < -0.3 is 5.73 Å². The Hall–Kier alpha value is -1.79. The summed E-state index contributed by atoms with van der Waals surface area (Å²) in [6.45, 7) is 0. The van der Waals surface area contributed by atoms with Gasteiger partial charge in [-0.1, -0.05) is 29.8 Å². The van der Waals surface area contributed by atoms with Gasteiger partial charge in [-0.15, -0.1) is 0 Å². The first-order chi connectivity index (χ1) is 9.37. The monoisotopic (exact) mass is 314 g/mol. The molecule has 4 nitrogen and oxygen atoms in total. The van der Waals surface area contributed by atoms with Crippen LogP contribution in [-0.4, -0.2) is 8.42 Å². The van der Waals surface area contributed by atoms with Crippen LogP contribution in [0.3, 0.4) is 0 Å². The highest BCUT2D eigenvalue weighted by atomic mass is 35.5. The van der Waals surface area contributed by atoms with Gasteiger partial charge in [0.15, 0.2) is 0 Å². The molecule has 2 aromatic carbocycles. The summed E-state index contributed by atoms with van der Waals surface area (Å²) in [7, 11) is -3.76. The van der Waals surface area contributed by atoms with Crippen LogP contribution in [0.15, 0.2) is 42.5 Å². The minimum atomic E-state index is -3.76. The van der Waals surface area contributed by atoms with Crippen molar-refractivity contribution in [3.8, 4) is 0 Å². The van der Waals surface area contributed by atoms with Crippen LogP contribution in [0.2, 0.25) is 5.02 Å². The molecule has 0 heterocycles. The molecule has 0 aliphatic rings. The van der Waals surface area contributed by atoms with Crippen molar-refractivity contribution in [2.45, 2.75) is 5.75 Å². The van der Waals surface area contributed by atoms with Gasteiger partial charge in [0.05, 0.1) is 10.8 Å². The molecule has 0 fully saturated rings. The van der Waals surface area contributed by atoms with Gasteiger partial charge in [-0.2, -0.15) is 0 Å². The van der Waals surface area contributed by atoms with Crippen molar-refractivity contribution in [3.05, 3.63) is 58.9 Å². The van der Waals surface area contributed by atoms with Crippen LogP contribution in [0, 0.1) is 5.82 Å². The first kappa shape index (κ1) is 14.6. The molecule has 2 aromatic rings. The molecule has 0 aliphatic heterocycles. The van der Waals surface area contributed by atoms with E-state index in [9.17, 15) is 12.8 Å². The molecule has 3 N–H and O–H groups in total. The molecule has 7 heteroatoms. The summed E-state index contributed by atoms with van der Waals surface area (Å²) in [5.74, 6) is -1.02. The van der Waals surface area contributed by atoms with Gasteiger partial charge in [-0.3, -0.25) is 4.72 Å². The van der Waals surface area contributed by atoms with Crippen LogP contribution in [0.25, 0.3) is 0 Å². The maximum absolute atomic E-state index is 13.5. The van der Waals surface area contributed by atoms with Gasteiger partial charge in [-0.25, -0.2) is 12.8 Å². The van der Waals surface area contributed by atoms with Gasteiger partial charge >= 0.3 is 0 Å². The largest absolute Gasteiger partial charge is 0.399 e. The second-order valence-corrected chi connectivity index (χ2v) is 6.33. The highest BCUT2D eigenvalue weighted by Crippen LogP contribution is 2.26. The molecule has 0 radical (unpaired) electrons. The zero-order valence-electron chi connectivity index (χ0n) is 10.3. The average molecular weight is 315 g/mol. The maximum Gasteiger partial charge on any atom is 0.237 e. The maximum atomic E-state index is 13.5. The van der Waals surface area contributed by atoms with E-state index in [0.29, 0.717) is 11.3 Å². The highest BCUT2D eigenvalue weighted by Gasteiger charge is 2.16. The Bertz CT molecular complexity index is 697. The van der Waals surface area contributed by atoms with Crippen LogP contribution in [0.1, 0.15) is 5.56 Å². The Morgan fingerprint density at radius 2 is 1.80 bits per heavy atom. The third-order valence-electron chi connectivity index (χ3n) is 2.56. The fourth-order valence-corrected chi connectivity index (χ4v) is 3.11. The molecular formula is C13H12ClFN2O2S. The van der Waals surface area contributed by atoms with Gasteiger partial charge in [-0.05, 0) is 29.8 Å². The van der Waals surface area contributed by atoms with E-state index >= 15 is 0 Å². The first-order valence-corrected chi connectivity index (χ1v) is 7.69. The summed E-state index contributed by atoms with van der Waals surface area (Å²) >= 11 is 5.78. The number of hydrogen-bond acceptors (Lipinski definition) is 3. The first-order valence-electron chi connectivity index (χ1n) is 5.66. The predicted molar refractivity (Wildman–Crippen MR) is 78.5 cm³/mol. The van der Waals surface area contributed by atoms with E-state index in [2.05, 4.69) is 4.72 Å².